The van der Waals surface area contributed by atoms with Crippen LogP contribution in [0.1, 0.15) is 6.92 Å². The van der Waals surface area contributed by atoms with Crippen molar-refractivity contribution < 1.29 is 0 Å². The molecule has 0 saturated heterocycles. The van der Waals surface area contributed by atoms with E-state index in [9.17, 15) is 0 Å². The fraction of sp³-hybridized carbons (Fsp3) is 0.500. The van der Waals surface area contributed by atoms with E-state index in [1.165, 1.54) is 0 Å². The predicted octanol–water partition coefficient (Wildman–Crippen LogP) is -1.28. The maximum Gasteiger partial charge on any atom is 0.199 e. The Labute approximate surface area is 76.0 Å². The van der Waals surface area contributed by atoms with Crippen molar-refractivity contribution in [2.45, 2.75) is 6.92 Å². The zero-order valence-corrected chi connectivity index (χ0v) is 7.73. The smallest absolute Gasteiger partial charge is 0.199 e. The second-order valence-corrected chi connectivity index (χ2v) is 2.40. The van der Waals surface area contributed by atoms with Crippen LogP contribution in [-0.4, -0.2) is 16.8 Å². The first-order valence-corrected chi connectivity index (χ1v) is 3.82. The van der Waals surface area contributed by atoms with Crippen molar-refractivity contribution in [1.29, 1.82) is 0 Å². The van der Waals surface area contributed by atoms with Crippen molar-refractivity contribution in [3.8, 4) is 0 Å². The Balaban J connectivity index is 3.38. The summed E-state index contributed by atoms with van der Waals surface area (Å²) in [4.78, 5) is 0. The molecule has 6 N–H and O–H groups in total. The molecule has 0 heterocycles. The van der Waals surface area contributed by atoms with Gasteiger partial charge in [-0.2, -0.15) is 0 Å². The first kappa shape index (κ1) is 10.3. The van der Waals surface area contributed by atoms with Gasteiger partial charge in [0.15, 0.2) is 10.2 Å². The van der Waals surface area contributed by atoms with Crippen LogP contribution in [0.5, 0.6) is 0 Å². The largest absolute Gasteiger partial charge is 0.362 e. The van der Waals surface area contributed by atoms with E-state index in [1.54, 1.807) is 0 Å². The van der Waals surface area contributed by atoms with Gasteiger partial charge in [0, 0.05) is 6.54 Å². The van der Waals surface area contributed by atoms with Crippen molar-refractivity contribution in [2.75, 3.05) is 6.54 Å². The third-order valence-electron chi connectivity index (χ3n) is 0.758. The quantitative estimate of drug-likeness (QED) is 0.202. The summed E-state index contributed by atoms with van der Waals surface area (Å²) in [6, 6.07) is 0. The Morgan fingerprint density at radius 3 is 2.27 bits per heavy atom. The van der Waals surface area contributed by atoms with Gasteiger partial charge in [0.25, 0.3) is 0 Å². The molecular formula is C4H11N5S2. The van der Waals surface area contributed by atoms with Gasteiger partial charge in [-0.05, 0) is 31.4 Å². The standard InChI is InChI=1S/C4H11N5S2/c1-2-6-3(10)8-9-4(11)7-5/h2,5H2,1H3,(H2,6,8,10)(H2,7,9,11). The van der Waals surface area contributed by atoms with E-state index in [0.717, 1.165) is 6.54 Å². The van der Waals surface area contributed by atoms with Crippen molar-refractivity contribution in [1.82, 2.24) is 21.6 Å². The molecule has 5 nitrogen and oxygen atoms in total. The molecule has 0 aliphatic carbocycles. The minimum atomic E-state index is 0.283. The second kappa shape index (κ2) is 6.08. The highest BCUT2D eigenvalue weighted by Crippen LogP contribution is 1.62. The van der Waals surface area contributed by atoms with Gasteiger partial charge in [0.1, 0.15) is 0 Å². The number of rotatable bonds is 1. The molecule has 0 spiro atoms. The maximum atomic E-state index is 4.97. The molecule has 0 aromatic carbocycles. The summed E-state index contributed by atoms with van der Waals surface area (Å²) in [5, 5.41) is 3.61. The number of hydrogen-bond donors (Lipinski definition) is 5. The number of thiocarbonyl (C=S) groups is 2. The molecule has 0 aromatic heterocycles. The minimum absolute atomic E-state index is 0.283. The van der Waals surface area contributed by atoms with Gasteiger partial charge in [-0.1, -0.05) is 0 Å². The third kappa shape index (κ3) is 5.77. The van der Waals surface area contributed by atoms with Crippen LogP contribution in [0, 0.1) is 0 Å². The molecule has 11 heavy (non-hydrogen) atoms. The van der Waals surface area contributed by atoms with Crippen molar-refractivity contribution in [2.24, 2.45) is 5.84 Å². The van der Waals surface area contributed by atoms with Gasteiger partial charge >= 0.3 is 0 Å². The number of nitrogens with one attached hydrogen (secondary N) is 4. The highest BCUT2D eigenvalue weighted by molar-refractivity contribution is 7.80. The highest BCUT2D eigenvalue weighted by Gasteiger charge is 1.91. The normalized spacial score (nSPS) is 8.18. The highest BCUT2D eigenvalue weighted by atomic mass is 32.1. The van der Waals surface area contributed by atoms with Crippen molar-refractivity contribution in [3.63, 3.8) is 0 Å². The molecule has 0 fully saturated rings. The molecule has 0 amide bonds. The molecule has 0 aliphatic rings. The third-order valence-corrected chi connectivity index (χ3v) is 1.22. The van der Waals surface area contributed by atoms with Crippen LogP contribution in [0.4, 0.5) is 0 Å². The lowest BCUT2D eigenvalue weighted by molar-refractivity contribution is 0.796. The van der Waals surface area contributed by atoms with E-state index in [0.29, 0.717) is 5.11 Å². The number of nitrogens with two attached hydrogens (primary N) is 1. The van der Waals surface area contributed by atoms with Gasteiger partial charge in [0.2, 0.25) is 0 Å². The van der Waals surface area contributed by atoms with E-state index in [-0.39, 0.29) is 5.11 Å². The Morgan fingerprint density at radius 2 is 1.82 bits per heavy atom. The Hall–Kier alpha value is -0.660. The fourth-order valence-electron chi connectivity index (χ4n) is 0.354. The van der Waals surface area contributed by atoms with Crippen LogP contribution >= 0.6 is 24.4 Å². The zero-order valence-electron chi connectivity index (χ0n) is 6.10. The van der Waals surface area contributed by atoms with Gasteiger partial charge in [-0.25, -0.2) is 5.84 Å². The summed E-state index contributed by atoms with van der Waals surface area (Å²) in [6.45, 7) is 2.70. The first-order valence-electron chi connectivity index (χ1n) is 3.01. The Bertz CT molecular complexity index is 147. The van der Waals surface area contributed by atoms with Gasteiger partial charge in [0.05, 0.1) is 0 Å². The first-order chi connectivity index (χ1) is 5.20. The predicted molar refractivity (Wildman–Crippen MR) is 52.5 cm³/mol. The lowest BCUT2D eigenvalue weighted by Gasteiger charge is -2.10. The van der Waals surface area contributed by atoms with Gasteiger partial charge in [-0.15, -0.1) is 0 Å². The average molecular weight is 193 g/mol. The molecule has 0 unspecified atom stereocenters. The molecule has 0 aromatic rings. The fourth-order valence-corrected chi connectivity index (χ4v) is 0.601. The van der Waals surface area contributed by atoms with E-state index in [2.05, 4.69) is 33.8 Å². The van der Waals surface area contributed by atoms with Crippen molar-refractivity contribution >= 4 is 34.7 Å². The van der Waals surface area contributed by atoms with Crippen LogP contribution in [-0.2, 0) is 0 Å². The van der Waals surface area contributed by atoms with E-state index in [1.807, 2.05) is 6.92 Å². The average Bonchev–Trinajstić information content (AvgIpc) is 2.01. The SMILES string of the molecule is CCNC(=S)NNC(=S)NN. The van der Waals surface area contributed by atoms with Crippen molar-refractivity contribution in [3.05, 3.63) is 0 Å². The molecule has 64 valence electrons. The van der Waals surface area contributed by atoms with Crippen LogP contribution in [0.3, 0.4) is 0 Å². The molecular weight excluding hydrogens is 182 g/mol. The monoisotopic (exact) mass is 193 g/mol. The summed E-state index contributed by atoms with van der Waals surface area (Å²) >= 11 is 9.47. The molecule has 0 saturated carbocycles. The van der Waals surface area contributed by atoms with Gasteiger partial charge in [-0.3, -0.25) is 16.3 Å². The van der Waals surface area contributed by atoms with E-state index in [4.69, 9.17) is 18.1 Å². The van der Waals surface area contributed by atoms with E-state index >= 15 is 0 Å². The van der Waals surface area contributed by atoms with Crippen LogP contribution in [0.15, 0.2) is 0 Å². The topological polar surface area (TPSA) is 74.1 Å². The molecule has 7 heteroatoms. The Morgan fingerprint density at radius 1 is 1.27 bits per heavy atom. The van der Waals surface area contributed by atoms with E-state index < -0.39 is 0 Å². The minimum Gasteiger partial charge on any atom is -0.362 e. The number of hydrazine groups is 2. The lowest BCUT2D eigenvalue weighted by atomic mass is 10.7. The number of hydrogen-bond acceptors (Lipinski definition) is 3. The molecule has 0 radical (unpaired) electrons. The van der Waals surface area contributed by atoms with Crippen LogP contribution < -0.4 is 27.4 Å². The van der Waals surface area contributed by atoms with Crippen LogP contribution in [0.25, 0.3) is 0 Å². The zero-order chi connectivity index (χ0) is 8.69. The molecule has 0 aliphatic heterocycles. The molecule has 0 rings (SSSR count). The lowest BCUT2D eigenvalue weighted by Crippen LogP contribution is -2.51. The summed E-state index contributed by atoms with van der Waals surface area (Å²) in [5.41, 5.74) is 7.41. The van der Waals surface area contributed by atoms with Gasteiger partial charge < -0.3 is 5.32 Å². The second-order valence-electron chi connectivity index (χ2n) is 1.58. The maximum absolute atomic E-state index is 4.97. The Kier molecular flexibility index (Phi) is 5.71. The molecule has 0 atom stereocenters. The summed E-state index contributed by atoms with van der Waals surface area (Å²) in [6.07, 6.45) is 0. The molecule has 0 bridgehead atoms. The summed E-state index contributed by atoms with van der Waals surface area (Å²) in [7, 11) is 0. The summed E-state index contributed by atoms with van der Waals surface area (Å²) in [5.74, 6) is 4.97. The summed E-state index contributed by atoms with van der Waals surface area (Å²) < 4.78 is 0. The van der Waals surface area contributed by atoms with Crippen LogP contribution in [0.2, 0.25) is 0 Å².